The quantitative estimate of drug-likeness (QED) is 0.504. The molecule has 0 aliphatic heterocycles. The average Bonchev–Trinajstić information content (AvgIpc) is 2.78. The molecule has 0 bridgehead atoms. The zero-order valence-electron chi connectivity index (χ0n) is 17.9. The molecule has 2 aromatic carbocycles. The first-order valence-corrected chi connectivity index (χ1v) is 9.76. The molecule has 0 aliphatic carbocycles. The Balaban J connectivity index is 1.69. The van der Waals surface area contributed by atoms with Crippen molar-refractivity contribution < 1.29 is 23.7 Å². The Kier molecular flexibility index (Phi) is 7.26. The van der Waals surface area contributed by atoms with Crippen LogP contribution >= 0.6 is 0 Å². The SMILES string of the molecule is COc1cc(OC)nc(Oc2ccccc2CNc2ccc(C(=O)OC(C)C)cc2)n1. The predicted molar refractivity (Wildman–Crippen MR) is 116 cm³/mol. The molecule has 0 atom stereocenters. The van der Waals surface area contributed by atoms with Gasteiger partial charge in [-0.15, -0.1) is 0 Å². The van der Waals surface area contributed by atoms with Crippen LogP contribution in [0.4, 0.5) is 5.69 Å². The van der Waals surface area contributed by atoms with Crippen LogP contribution in [0, 0.1) is 0 Å². The molecule has 1 heterocycles. The minimum absolute atomic E-state index is 0.122. The number of hydrogen-bond acceptors (Lipinski definition) is 8. The van der Waals surface area contributed by atoms with Gasteiger partial charge in [0.25, 0.3) is 0 Å². The molecule has 8 nitrogen and oxygen atoms in total. The van der Waals surface area contributed by atoms with Gasteiger partial charge in [-0.1, -0.05) is 18.2 Å². The van der Waals surface area contributed by atoms with E-state index in [1.54, 1.807) is 18.2 Å². The summed E-state index contributed by atoms with van der Waals surface area (Å²) in [5.41, 5.74) is 2.26. The van der Waals surface area contributed by atoms with Crippen molar-refractivity contribution in [3.05, 3.63) is 65.7 Å². The summed E-state index contributed by atoms with van der Waals surface area (Å²) in [4.78, 5) is 20.4. The molecule has 0 radical (unpaired) electrons. The number of aromatic nitrogens is 2. The van der Waals surface area contributed by atoms with Gasteiger partial charge in [-0.05, 0) is 44.2 Å². The molecule has 162 valence electrons. The summed E-state index contributed by atoms with van der Waals surface area (Å²) in [7, 11) is 3.02. The molecule has 1 aromatic heterocycles. The summed E-state index contributed by atoms with van der Waals surface area (Å²) < 4.78 is 21.4. The van der Waals surface area contributed by atoms with E-state index in [0.717, 1.165) is 11.3 Å². The number of methoxy groups -OCH3 is 2. The van der Waals surface area contributed by atoms with Crippen molar-refractivity contribution in [1.29, 1.82) is 0 Å². The van der Waals surface area contributed by atoms with E-state index >= 15 is 0 Å². The van der Waals surface area contributed by atoms with Crippen molar-refractivity contribution >= 4 is 11.7 Å². The highest BCUT2D eigenvalue weighted by Crippen LogP contribution is 2.27. The number of rotatable bonds is 9. The van der Waals surface area contributed by atoms with E-state index in [1.165, 1.54) is 14.2 Å². The Morgan fingerprint density at radius 3 is 2.23 bits per heavy atom. The van der Waals surface area contributed by atoms with E-state index in [1.807, 2.05) is 50.2 Å². The number of carbonyl (C=O) groups is 1. The summed E-state index contributed by atoms with van der Waals surface area (Å²) in [6.07, 6.45) is -0.157. The molecule has 8 heteroatoms. The van der Waals surface area contributed by atoms with Gasteiger partial charge >= 0.3 is 12.0 Å². The van der Waals surface area contributed by atoms with E-state index in [2.05, 4.69) is 15.3 Å². The maximum absolute atomic E-state index is 12.0. The highest BCUT2D eigenvalue weighted by atomic mass is 16.5. The average molecular weight is 423 g/mol. The smallest absolute Gasteiger partial charge is 0.338 e. The minimum Gasteiger partial charge on any atom is -0.481 e. The molecule has 0 saturated heterocycles. The van der Waals surface area contributed by atoms with Crippen LogP contribution in [-0.4, -0.2) is 36.3 Å². The Morgan fingerprint density at radius 2 is 1.61 bits per heavy atom. The van der Waals surface area contributed by atoms with Gasteiger partial charge in [-0.25, -0.2) is 4.79 Å². The lowest BCUT2D eigenvalue weighted by molar-refractivity contribution is 0.0378. The van der Waals surface area contributed by atoms with Gasteiger partial charge in [0, 0.05) is 17.8 Å². The van der Waals surface area contributed by atoms with Gasteiger partial charge in [0.15, 0.2) is 0 Å². The van der Waals surface area contributed by atoms with Crippen LogP contribution in [0.25, 0.3) is 0 Å². The van der Waals surface area contributed by atoms with Crippen LogP contribution in [0.3, 0.4) is 0 Å². The van der Waals surface area contributed by atoms with Crippen LogP contribution in [0.1, 0.15) is 29.8 Å². The summed E-state index contributed by atoms with van der Waals surface area (Å²) >= 11 is 0. The first-order valence-electron chi connectivity index (χ1n) is 9.76. The molecule has 31 heavy (non-hydrogen) atoms. The van der Waals surface area contributed by atoms with Gasteiger partial charge in [0.05, 0.1) is 32.0 Å². The highest BCUT2D eigenvalue weighted by Gasteiger charge is 2.11. The topological polar surface area (TPSA) is 91.8 Å². The van der Waals surface area contributed by atoms with Crippen LogP contribution in [0.15, 0.2) is 54.6 Å². The molecule has 0 fully saturated rings. The van der Waals surface area contributed by atoms with E-state index in [9.17, 15) is 4.79 Å². The number of hydrogen-bond donors (Lipinski definition) is 1. The van der Waals surface area contributed by atoms with Gasteiger partial charge in [0.2, 0.25) is 11.8 Å². The van der Waals surface area contributed by atoms with Crippen molar-refractivity contribution in [3.63, 3.8) is 0 Å². The molecular weight excluding hydrogens is 398 g/mol. The molecular formula is C23H25N3O5. The lowest BCUT2D eigenvalue weighted by Gasteiger charge is -2.13. The summed E-state index contributed by atoms with van der Waals surface area (Å²) in [6, 6.07) is 16.4. The van der Waals surface area contributed by atoms with Gasteiger partial charge in [0.1, 0.15) is 5.75 Å². The maximum Gasteiger partial charge on any atom is 0.338 e. The van der Waals surface area contributed by atoms with Crippen molar-refractivity contribution in [2.24, 2.45) is 0 Å². The van der Waals surface area contributed by atoms with Gasteiger partial charge < -0.3 is 24.3 Å². The fourth-order valence-electron chi connectivity index (χ4n) is 2.69. The second-order valence-corrected chi connectivity index (χ2v) is 6.83. The summed E-state index contributed by atoms with van der Waals surface area (Å²) in [5, 5.41) is 3.32. The van der Waals surface area contributed by atoms with Crippen LogP contribution in [-0.2, 0) is 11.3 Å². The number of ether oxygens (including phenoxy) is 4. The zero-order chi connectivity index (χ0) is 22.2. The van der Waals surface area contributed by atoms with E-state index in [0.29, 0.717) is 29.6 Å². The third-order valence-corrected chi connectivity index (χ3v) is 4.20. The second kappa shape index (κ2) is 10.3. The third kappa shape index (κ3) is 6.08. The first kappa shape index (κ1) is 21.9. The summed E-state index contributed by atoms with van der Waals surface area (Å²) in [5.74, 6) is 0.943. The number of benzene rings is 2. The normalized spacial score (nSPS) is 10.5. The third-order valence-electron chi connectivity index (χ3n) is 4.20. The van der Waals surface area contributed by atoms with Crippen LogP contribution in [0.2, 0.25) is 0 Å². The molecule has 0 amide bonds. The number of anilines is 1. The van der Waals surface area contributed by atoms with Gasteiger partial charge in [-0.3, -0.25) is 0 Å². The predicted octanol–water partition coefficient (Wildman–Crippen LogP) is 4.46. The van der Waals surface area contributed by atoms with Gasteiger partial charge in [-0.2, -0.15) is 9.97 Å². The standard InChI is InChI=1S/C23H25N3O5/c1-15(2)30-22(27)16-9-11-18(12-10-16)24-14-17-7-5-6-8-19(17)31-23-25-20(28-3)13-21(26-23)29-4/h5-13,15,24H,14H2,1-4H3. The number of nitrogens with one attached hydrogen (secondary N) is 1. The van der Waals surface area contributed by atoms with Crippen LogP contribution in [0.5, 0.6) is 23.5 Å². The van der Waals surface area contributed by atoms with Crippen molar-refractivity contribution in [2.45, 2.75) is 26.5 Å². The van der Waals surface area contributed by atoms with E-state index in [4.69, 9.17) is 18.9 Å². The minimum atomic E-state index is -0.339. The molecule has 3 rings (SSSR count). The Hall–Kier alpha value is -3.81. The Labute approximate surface area is 181 Å². The largest absolute Gasteiger partial charge is 0.481 e. The molecule has 3 aromatic rings. The molecule has 0 unspecified atom stereocenters. The lowest BCUT2D eigenvalue weighted by atomic mass is 10.1. The molecule has 0 aliphatic rings. The Bertz CT molecular complexity index is 1000. The number of nitrogens with zero attached hydrogens (tertiary/aromatic N) is 2. The van der Waals surface area contributed by atoms with E-state index in [-0.39, 0.29) is 18.1 Å². The first-order chi connectivity index (χ1) is 15.0. The lowest BCUT2D eigenvalue weighted by Crippen LogP contribution is -2.11. The molecule has 1 N–H and O–H groups in total. The molecule has 0 saturated carbocycles. The van der Waals surface area contributed by atoms with Crippen molar-refractivity contribution in [2.75, 3.05) is 19.5 Å². The number of carbonyl (C=O) groups excluding carboxylic acids is 1. The second-order valence-electron chi connectivity index (χ2n) is 6.83. The number of esters is 1. The zero-order valence-corrected chi connectivity index (χ0v) is 17.9. The fraction of sp³-hybridized carbons (Fsp3) is 0.261. The highest BCUT2D eigenvalue weighted by molar-refractivity contribution is 5.89. The monoisotopic (exact) mass is 423 g/mol. The van der Waals surface area contributed by atoms with Crippen molar-refractivity contribution in [3.8, 4) is 23.5 Å². The maximum atomic E-state index is 12.0. The van der Waals surface area contributed by atoms with E-state index < -0.39 is 0 Å². The summed E-state index contributed by atoms with van der Waals surface area (Å²) in [6.45, 7) is 4.13. The fourth-order valence-corrected chi connectivity index (χ4v) is 2.69. The number of para-hydroxylation sites is 1. The van der Waals surface area contributed by atoms with Crippen LogP contribution < -0.4 is 19.5 Å². The Morgan fingerprint density at radius 1 is 0.968 bits per heavy atom. The molecule has 0 spiro atoms. The van der Waals surface area contributed by atoms with Crippen molar-refractivity contribution in [1.82, 2.24) is 9.97 Å².